The van der Waals surface area contributed by atoms with Crippen LogP contribution in [0.5, 0.6) is 0 Å². The Labute approximate surface area is 128 Å². The average Bonchev–Trinajstić information content (AvgIpc) is 3.03. The molecule has 3 saturated heterocycles. The van der Waals surface area contributed by atoms with Crippen molar-refractivity contribution in [2.24, 2.45) is 0 Å². The van der Waals surface area contributed by atoms with Crippen LogP contribution in [0.15, 0.2) is 0 Å². The lowest BCUT2D eigenvalue weighted by molar-refractivity contribution is -0.213. The van der Waals surface area contributed by atoms with Crippen molar-refractivity contribution in [3.8, 4) is 0 Å². The Morgan fingerprint density at radius 2 is 2.09 bits per heavy atom. The summed E-state index contributed by atoms with van der Waals surface area (Å²) in [5, 5.41) is 0. The third-order valence-electron chi connectivity index (χ3n) is 4.87. The first-order valence-electron chi connectivity index (χ1n) is 7.64. The monoisotopic (exact) mass is 312 g/mol. The van der Waals surface area contributed by atoms with Gasteiger partial charge in [0.15, 0.2) is 5.60 Å². The van der Waals surface area contributed by atoms with E-state index in [1.807, 2.05) is 6.92 Å². The standard InChI is InChI=1S/C15H20O7/c1-14(6-5-12(17)21-14)10-4-7-15(9-19-13(18)22-15)11(20-10)3-2-8-16/h8,10-11H,2-7,9H2,1H3/t10-,11-,14+,15-/m1/s1. The molecule has 1 spiro atoms. The van der Waals surface area contributed by atoms with Crippen LogP contribution in [0, 0.1) is 0 Å². The lowest BCUT2D eigenvalue weighted by Crippen LogP contribution is -2.56. The number of carbonyl (C=O) groups excluding carboxylic acids is 3. The highest BCUT2D eigenvalue weighted by atomic mass is 16.8. The molecule has 0 N–H and O–H groups in total. The Morgan fingerprint density at radius 1 is 1.27 bits per heavy atom. The molecule has 0 bridgehead atoms. The molecule has 0 radical (unpaired) electrons. The molecule has 122 valence electrons. The zero-order valence-electron chi connectivity index (χ0n) is 12.5. The number of aldehydes is 1. The molecule has 0 aromatic rings. The van der Waals surface area contributed by atoms with Gasteiger partial charge in [-0.3, -0.25) is 4.79 Å². The third kappa shape index (κ3) is 2.58. The van der Waals surface area contributed by atoms with Gasteiger partial charge in [-0.1, -0.05) is 0 Å². The first-order chi connectivity index (χ1) is 10.5. The van der Waals surface area contributed by atoms with E-state index in [2.05, 4.69) is 0 Å². The second kappa shape index (κ2) is 5.53. The van der Waals surface area contributed by atoms with Gasteiger partial charge in [0.05, 0.1) is 6.10 Å². The quantitative estimate of drug-likeness (QED) is 0.574. The molecular weight excluding hydrogens is 292 g/mol. The van der Waals surface area contributed by atoms with E-state index in [4.69, 9.17) is 18.9 Å². The molecule has 7 nitrogen and oxygen atoms in total. The number of hydrogen-bond acceptors (Lipinski definition) is 7. The maximum atomic E-state index is 11.4. The van der Waals surface area contributed by atoms with Gasteiger partial charge in [0.25, 0.3) is 0 Å². The van der Waals surface area contributed by atoms with Gasteiger partial charge in [-0.05, 0) is 32.6 Å². The molecule has 0 unspecified atom stereocenters. The van der Waals surface area contributed by atoms with Crippen LogP contribution in [0.25, 0.3) is 0 Å². The van der Waals surface area contributed by atoms with Crippen LogP contribution < -0.4 is 0 Å². The molecule has 0 amide bonds. The number of ether oxygens (including phenoxy) is 4. The van der Waals surface area contributed by atoms with Gasteiger partial charge >= 0.3 is 12.1 Å². The summed E-state index contributed by atoms with van der Waals surface area (Å²) < 4.78 is 21.9. The highest BCUT2D eigenvalue weighted by Gasteiger charge is 2.56. The Morgan fingerprint density at radius 3 is 2.68 bits per heavy atom. The van der Waals surface area contributed by atoms with E-state index in [-0.39, 0.29) is 18.7 Å². The predicted octanol–water partition coefficient (Wildman–Crippen LogP) is 1.51. The van der Waals surface area contributed by atoms with Crippen LogP contribution in [0.3, 0.4) is 0 Å². The van der Waals surface area contributed by atoms with Crippen LogP contribution >= 0.6 is 0 Å². The summed E-state index contributed by atoms with van der Waals surface area (Å²) >= 11 is 0. The lowest BCUT2D eigenvalue weighted by atomic mass is 9.80. The second-order valence-corrected chi connectivity index (χ2v) is 6.39. The fourth-order valence-electron chi connectivity index (χ4n) is 3.55. The molecule has 3 aliphatic rings. The minimum Gasteiger partial charge on any atom is -0.457 e. The summed E-state index contributed by atoms with van der Waals surface area (Å²) in [4.78, 5) is 33.5. The molecule has 3 heterocycles. The van der Waals surface area contributed by atoms with E-state index in [1.165, 1.54) is 0 Å². The van der Waals surface area contributed by atoms with Gasteiger partial charge in [-0.15, -0.1) is 0 Å². The zero-order valence-corrected chi connectivity index (χ0v) is 12.5. The summed E-state index contributed by atoms with van der Waals surface area (Å²) in [6, 6.07) is 0. The van der Waals surface area contributed by atoms with Crippen LogP contribution in [-0.4, -0.2) is 48.4 Å². The van der Waals surface area contributed by atoms with Crippen LogP contribution in [0.1, 0.15) is 45.4 Å². The molecule has 3 rings (SSSR count). The molecule has 0 aliphatic carbocycles. The van der Waals surface area contributed by atoms with Crippen molar-refractivity contribution in [3.05, 3.63) is 0 Å². The number of cyclic esters (lactones) is 2. The zero-order chi connectivity index (χ0) is 15.8. The van der Waals surface area contributed by atoms with Gasteiger partial charge in [0.2, 0.25) is 0 Å². The van der Waals surface area contributed by atoms with E-state index >= 15 is 0 Å². The topological polar surface area (TPSA) is 88.1 Å². The molecule has 7 heteroatoms. The first-order valence-corrected chi connectivity index (χ1v) is 7.64. The van der Waals surface area contributed by atoms with Crippen LogP contribution in [0.4, 0.5) is 4.79 Å². The van der Waals surface area contributed by atoms with Crippen molar-refractivity contribution in [2.45, 2.75) is 68.9 Å². The summed E-state index contributed by atoms with van der Waals surface area (Å²) in [5.41, 5.74) is -1.48. The second-order valence-electron chi connectivity index (χ2n) is 6.39. The highest BCUT2D eigenvalue weighted by Crippen LogP contribution is 2.44. The number of esters is 1. The summed E-state index contributed by atoms with van der Waals surface area (Å²) in [6.45, 7) is 2.01. The van der Waals surface area contributed by atoms with E-state index in [0.29, 0.717) is 38.5 Å². The number of hydrogen-bond donors (Lipinski definition) is 0. The van der Waals surface area contributed by atoms with Crippen LogP contribution in [-0.2, 0) is 28.5 Å². The van der Waals surface area contributed by atoms with Gasteiger partial charge in [0, 0.05) is 12.8 Å². The number of carbonyl (C=O) groups is 3. The summed E-state index contributed by atoms with van der Waals surface area (Å²) in [7, 11) is 0. The van der Waals surface area contributed by atoms with Crippen molar-refractivity contribution in [3.63, 3.8) is 0 Å². The van der Waals surface area contributed by atoms with E-state index in [0.717, 1.165) is 6.29 Å². The molecule has 0 saturated carbocycles. The fraction of sp³-hybridized carbons (Fsp3) is 0.800. The van der Waals surface area contributed by atoms with Crippen molar-refractivity contribution in [1.82, 2.24) is 0 Å². The van der Waals surface area contributed by atoms with E-state index in [9.17, 15) is 14.4 Å². The largest absolute Gasteiger partial charge is 0.509 e. The predicted molar refractivity (Wildman–Crippen MR) is 72.1 cm³/mol. The normalized spacial score (nSPS) is 41.1. The molecular formula is C15H20O7. The Balaban J connectivity index is 1.75. The maximum absolute atomic E-state index is 11.4. The van der Waals surface area contributed by atoms with Gasteiger partial charge in [-0.25, -0.2) is 4.79 Å². The Kier molecular flexibility index (Phi) is 3.84. The van der Waals surface area contributed by atoms with Gasteiger partial charge in [0.1, 0.15) is 24.6 Å². The molecule has 4 atom stereocenters. The van der Waals surface area contributed by atoms with E-state index < -0.39 is 23.5 Å². The molecule has 0 aromatic heterocycles. The Bertz CT molecular complexity index is 490. The SMILES string of the molecule is C[C@@]1([C@H]2CC[C@@]3(COC(=O)O3)[C@@H](CCC=O)O2)CCC(=O)O1. The minimum atomic E-state index is -0.824. The molecule has 3 fully saturated rings. The van der Waals surface area contributed by atoms with Crippen LogP contribution in [0.2, 0.25) is 0 Å². The fourth-order valence-corrected chi connectivity index (χ4v) is 3.55. The van der Waals surface area contributed by atoms with Crippen molar-refractivity contribution >= 4 is 18.4 Å². The molecule has 3 aliphatic heterocycles. The average molecular weight is 312 g/mol. The lowest BCUT2D eigenvalue weighted by Gasteiger charge is -2.45. The van der Waals surface area contributed by atoms with E-state index in [1.54, 1.807) is 0 Å². The van der Waals surface area contributed by atoms with Gasteiger partial charge < -0.3 is 23.7 Å². The third-order valence-corrected chi connectivity index (χ3v) is 4.87. The molecule has 22 heavy (non-hydrogen) atoms. The summed E-state index contributed by atoms with van der Waals surface area (Å²) in [6.07, 6.45) is 2.36. The van der Waals surface area contributed by atoms with Crippen molar-refractivity contribution in [2.75, 3.05) is 6.61 Å². The summed E-state index contributed by atoms with van der Waals surface area (Å²) in [5.74, 6) is -0.216. The Hall–Kier alpha value is -1.63. The van der Waals surface area contributed by atoms with Gasteiger partial charge in [-0.2, -0.15) is 0 Å². The molecule has 0 aromatic carbocycles. The highest BCUT2D eigenvalue weighted by molar-refractivity contribution is 5.72. The minimum absolute atomic E-state index is 0.137. The smallest absolute Gasteiger partial charge is 0.457 e. The van der Waals surface area contributed by atoms with Crippen molar-refractivity contribution < 1.29 is 33.3 Å². The first kappa shape index (κ1) is 15.3. The maximum Gasteiger partial charge on any atom is 0.509 e. The number of rotatable bonds is 4. The van der Waals surface area contributed by atoms with Crippen molar-refractivity contribution in [1.29, 1.82) is 0 Å².